The Bertz CT molecular complexity index is 959. The van der Waals surface area contributed by atoms with Crippen LogP contribution in [0.1, 0.15) is 10.4 Å². The summed E-state index contributed by atoms with van der Waals surface area (Å²) in [7, 11) is 1.78. The summed E-state index contributed by atoms with van der Waals surface area (Å²) < 4.78 is 11.7. The summed E-state index contributed by atoms with van der Waals surface area (Å²) in [6.45, 7) is 0.853. The number of hydrogen-bond donors (Lipinski definition) is 1. The average Bonchev–Trinajstić information content (AvgIpc) is 2.74. The quantitative estimate of drug-likeness (QED) is 0.722. The van der Waals surface area contributed by atoms with E-state index in [2.05, 4.69) is 5.32 Å². The fraction of sp³-hybridized carbons (Fsp3) is 0.174. The minimum atomic E-state index is -0.210. The number of nitrogens with one attached hydrogen (secondary N) is 1. The highest BCUT2D eigenvalue weighted by molar-refractivity contribution is 6.00. The first-order chi connectivity index (χ1) is 13.7. The van der Waals surface area contributed by atoms with Crippen molar-refractivity contribution in [2.24, 2.45) is 0 Å². The lowest BCUT2D eigenvalue weighted by Crippen LogP contribution is -2.41. The van der Waals surface area contributed by atoms with E-state index in [0.29, 0.717) is 24.5 Å². The van der Waals surface area contributed by atoms with Crippen LogP contribution in [0.4, 0.5) is 11.4 Å². The normalized spacial score (nSPS) is 15.0. The first kappa shape index (κ1) is 17.9. The van der Waals surface area contributed by atoms with Gasteiger partial charge in [-0.25, -0.2) is 0 Å². The van der Waals surface area contributed by atoms with Gasteiger partial charge >= 0.3 is 0 Å². The number of para-hydroxylation sites is 4. The zero-order valence-electron chi connectivity index (χ0n) is 15.7. The van der Waals surface area contributed by atoms with E-state index in [1.54, 1.807) is 11.9 Å². The Hall–Kier alpha value is -3.47. The van der Waals surface area contributed by atoms with Gasteiger partial charge in [-0.1, -0.05) is 42.5 Å². The minimum absolute atomic E-state index is 0.0681. The SMILES string of the molecule is CN(C[C@H]1COc2ccccc2O1)C(=O)c1ccccc1Nc1ccccc1. The van der Waals surface area contributed by atoms with Crippen molar-refractivity contribution in [2.45, 2.75) is 6.10 Å². The van der Waals surface area contributed by atoms with E-state index >= 15 is 0 Å². The Morgan fingerprint density at radius 1 is 0.964 bits per heavy atom. The Kier molecular flexibility index (Phi) is 5.15. The molecule has 1 heterocycles. The van der Waals surface area contributed by atoms with Crippen molar-refractivity contribution >= 4 is 17.3 Å². The van der Waals surface area contributed by atoms with Crippen LogP contribution >= 0.6 is 0 Å². The molecule has 0 aromatic heterocycles. The van der Waals surface area contributed by atoms with Crippen LogP contribution in [0.2, 0.25) is 0 Å². The third-order valence-electron chi connectivity index (χ3n) is 4.60. The zero-order valence-corrected chi connectivity index (χ0v) is 15.7. The molecule has 3 aromatic rings. The number of fused-ring (bicyclic) bond motifs is 1. The van der Waals surface area contributed by atoms with Gasteiger partial charge in [0.1, 0.15) is 6.61 Å². The lowest BCUT2D eigenvalue weighted by molar-refractivity contribution is 0.0521. The van der Waals surface area contributed by atoms with Crippen LogP contribution in [0.5, 0.6) is 11.5 Å². The van der Waals surface area contributed by atoms with Crippen LogP contribution in [-0.2, 0) is 0 Å². The summed E-state index contributed by atoms with van der Waals surface area (Å²) >= 11 is 0. The van der Waals surface area contributed by atoms with Gasteiger partial charge in [-0.2, -0.15) is 0 Å². The molecule has 28 heavy (non-hydrogen) atoms. The van der Waals surface area contributed by atoms with Crippen molar-refractivity contribution in [1.29, 1.82) is 0 Å². The molecule has 4 rings (SSSR count). The van der Waals surface area contributed by atoms with Crippen LogP contribution in [0.3, 0.4) is 0 Å². The molecule has 5 heteroatoms. The first-order valence-corrected chi connectivity index (χ1v) is 9.26. The summed E-state index contributed by atoms with van der Waals surface area (Å²) in [4.78, 5) is 14.7. The van der Waals surface area contributed by atoms with Gasteiger partial charge in [-0.05, 0) is 36.4 Å². The van der Waals surface area contributed by atoms with Crippen molar-refractivity contribution in [2.75, 3.05) is 25.5 Å². The molecule has 142 valence electrons. The molecule has 0 saturated heterocycles. The lowest BCUT2D eigenvalue weighted by Gasteiger charge is -2.30. The molecule has 0 fully saturated rings. The summed E-state index contributed by atoms with van der Waals surface area (Å²) in [5.41, 5.74) is 2.33. The predicted molar refractivity (Wildman–Crippen MR) is 109 cm³/mol. The molecule has 1 aliphatic heterocycles. The molecule has 0 unspecified atom stereocenters. The number of likely N-dealkylation sites (N-methyl/N-ethyl adjacent to an activating group) is 1. The molecule has 3 aromatic carbocycles. The number of carbonyl (C=O) groups is 1. The van der Waals surface area contributed by atoms with Crippen molar-refractivity contribution in [3.8, 4) is 11.5 Å². The van der Waals surface area contributed by atoms with Crippen molar-refractivity contribution in [3.05, 3.63) is 84.4 Å². The highest BCUT2D eigenvalue weighted by atomic mass is 16.6. The van der Waals surface area contributed by atoms with Crippen LogP contribution in [0.25, 0.3) is 0 Å². The third kappa shape index (κ3) is 3.93. The van der Waals surface area contributed by atoms with Crippen LogP contribution in [0, 0.1) is 0 Å². The molecule has 5 nitrogen and oxygen atoms in total. The Morgan fingerprint density at radius 3 is 2.46 bits per heavy atom. The number of rotatable bonds is 5. The number of nitrogens with zero attached hydrogens (tertiary/aromatic N) is 1. The number of amides is 1. The summed E-state index contributed by atoms with van der Waals surface area (Å²) in [5, 5.41) is 3.32. The van der Waals surface area contributed by atoms with Gasteiger partial charge in [0.2, 0.25) is 0 Å². The average molecular weight is 374 g/mol. The third-order valence-corrected chi connectivity index (χ3v) is 4.60. The fourth-order valence-corrected chi connectivity index (χ4v) is 3.20. The van der Waals surface area contributed by atoms with E-state index in [4.69, 9.17) is 9.47 Å². The molecule has 0 spiro atoms. The largest absolute Gasteiger partial charge is 0.486 e. The van der Waals surface area contributed by atoms with E-state index in [9.17, 15) is 4.79 Å². The van der Waals surface area contributed by atoms with Crippen molar-refractivity contribution < 1.29 is 14.3 Å². The topological polar surface area (TPSA) is 50.8 Å². The summed E-state index contributed by atoms with van der Waals surface area (Å²) in [5.74, 6) is 1.39. The highest BCUT2D eigenvalue weighted by Gasteiger charge is 2.25. The van der Waals surface area contributed by atoms with Gasteiger partial charge in [0, 0.05) is 12.7 Å². The zero-order chi connectivity index (χ0) is 19.3. The second-order valence-corrected chi connectivity index (χ2v) is 6.72. The molecule has 0 saturated carbocycles. The minimum Gasteiger partial charge on any atom is -0.486 e. The molecular weight excluding hydrogens is 352 g/mol. The van der Waals surface area contributed by atoms with Gasteiger partial charge in [0.15, 0.2) is 17.6 Å². The maximum Gasteiger partial charge on any atom is 0.255 e. The molecule has 0 aliphatic carbocycles. The molecule has 1 aliphatic rings. The Labute approximate surface area is 164 Å². The van der Waals surface area contributed by atoms with Crippen LogP contribution in [0.15, 0.2) is 78.9 Å². The van der Waals surface area contributed by atoms with Gasteiger partial charge in [-0.15, -0.1) is 0 Å². The monoisotopic (exact) mass is 374 g/mol. The van der Waals surface area contributed by atoms with E-state index in [-0.39, 0.29) is 12.0 Å². The van der Waals surface area contributed by atoms with E-state index in [1.807, 2.05) is 78.9 Å². The molecule has 1 amide bonds. The Balaban J connectivity index is 1.46. The lowest BCUT2D eigenvalue weighted by atomic mass is 10.1. The van der Waals surface area contributed by atoms with Crippen LogP contribution < -0.4 is 14.8 Å². The molecule has 1 atom stereocenters. The van der Waals surface area contributed by atoms with Gasteiger partial charge in [-0.3, -0.25) is 4.79 Å². The highest BCUT2D eigenvalue weighted by Crippen LogP contribution is 2.31. The van der Waals surface area contributed by atoms with Gasteiger partial charge in [0.05, 0.1) is 17.8 Å². The number of benzene rings is 3. The van der Waals surface area contributed by atoms with Gasteiger partial charge in [0.25, 0.3) is 5.91 Å². The molecular formula is C23H22N2O3. The Morgan fingerprint density at radius 2 is 1.64 bits per heavy atom. The second-order valence-electron chi connectivity index (χ2n) is 6.72. The van der Waals surface area contributed by atoms with E-state index in [1.165, 1.54) is 0 Å². The maximum atomic E-state index is 13.1. The number of carbonyl (C=O) groups excluding carboxylic acids is 1. The molecule has 0 bridgehead atoms. The van der Waals surface area contributed by atoms with Gasteiger partial charge < -0.3 is 19.7 Å². The van der Waals surface area contributed by atoms with E-state index in [0.717, 1.165) is 17.1 Å². The van der Waals surface area contributed by atoms with Crippen molar-refractivity contribution in [3.63, 3.8) is 0 Å². The molecule has 0 radical (unpaired) electrons. The standard InChI is InChI=1S/C23H22N2O3/c1-25(15-18-16-27-21-13-7-8-14-22(21)28-18)23(26)19-11-5-6-12-20(19)24-17-9-3-2-4-10-17/h2-14,18,24H,15-16H2,1H3/t18-/m0/s1. The number of anilines is 2. The summed E-state index contributed by atoms with van der Waals surface area (Å²) in [6, 6.07) is 24.9. The summed E-state index contributed by atoms with van der Waals surface area (Å²) in [6.07, 6.45) is -0.210. The van der Waals surface area contributed by atoms with Crippen LogP contribution in [-0.4, -0.2) is 37.1 Å². The fourth-order valence-electron chi connectivity index (χ4n) is 3.20. The number of ether oxygens (including phenoxy) is 2. The number of hydrogen-bond acceptors (Lipinski definition) is 4. The smallest absolute Gasteiger partial charge is 0.255 e. The molecule has 1 N–H and O–H groups in total. The maximum absolute atomic E-state index is 13.1. The van der Waals surface area contributed by atoms with E-state index < -0.39 is 0 Å². The first-order valence-electron chi connectivity index (χ1n) is 9.26. The predicted octanol–water partition coefficient (Wildman–Crippen LogP) is 4.34. The van der Waals surface area contributed by atoms with Crippen molar-refractivity contribution in [1.82, 2.24) is 4.90 Å². The second kappa shape index (κ2) is 8.05.